The van der Waals surface area contributed by atoms with Gasteiger partial charge in [0.2, 0.25) is 5.95 Å². The molecule has 84 valence electrons. The van der Waals surface area contributed by atoms with Gasteiger partial charge in [0.1, 0.15) is 0 Å². The Hall–Kier alpha value is -2.41. The Bertz CT molecular complexity index is 584. The van der Waals surface area contributed by atoms with E-state index in [1.807, 2.05) is 25.1 Å². The van der Waals surface area contributed by atoms with Gasteiger partial charge < -0.3 is 5.32 Å². The Morgan fingerprint density at radius 1 is 1.35 bits per heavy atom. The summed E-state index contributed by atoms with van der Waals surface area (Å²) >= 11 is 0. The highest BCUT2D eigenvalue weighted by Gasteiger charge is 2.06. The zero-order valence-electron chi connectivity index (χ0n) is 9.73. The highest BCUT2D eigenvalue weighted by Crippen LogP contribution is 2.22. The van der Waals surface area contributed by atoms with Crippen molar-refractivity contribution >= 4 is 5.95 Å². The molecule has 1 aromatic heterocycles. The largest absolute Gasteiger partial charge is 0.357 e. The average molecular weight is 224 g/mol. The van der Waals surface area contributed by atoms with Crippen LogP contribution in [0.15, 0.2) is 30.5 Å². The molecule has 1 heterocycles. The molecular formula is C13H12N4. The van der Waals surface area contributed by atoms with Gasteiger partial charge >= 0.3 is 0 Å². The van der Waals surface area contributed by atoms with E-state index in [9.17, 15) is 0 Å². The predicted molar refractivity (Wildman–Crippen MR) is 66.5 cm³/mol. The van der Waals surface area contributed by atoms with Crippen molar-refractivity contribution in [2.24, 2.45) is 0 Å². The molecule has 0 saturated carbocycles. The molecule has 0 spiro atoms. The van der Waals surface area contributed by atoms with Gasteiger partial charge in [0.15, 0.2) is 0 Å². The lowest BCUT2D eigenvalue weighted by Gasteiger charge is -2.07. The zero-order chi connectivity index (χ0) is 12.3. The zero-order valence-corrected chi connectivity index (χ0v) is 9.73. The number of anilines is 1. The Labute approximate surface area is 100.0 Å². The van der Waals surface area contributed by atoms with Gasteiger partial charge in [0.05, 0.1) is 17.3 Å². The van der Waals surface area contributed by atoms with Gasteiger partial charge in [-0.3, -0.25) is 0 Å². The van der Waals surface area contributed by atoms with Crippen LogP contribution in [0.3, 0.4) is 0 Å². The summed E-state index contributed by atoms with van der Waals surface area (Å²) in [5.74, 6) is 0.577. The maximum absolute atomic E-state index is 8.88. The maximum Gasteiger partial charge on any atom is 0.222 e. The fourth-order valence-corrected chi connectivity index (χ4v) is 1.59. The van der Waals surface area contributed by atoms with Crippen LogP contribution in [-0.2, 0) is 0 Å². The van der Waals surface area contributed by atoms with Crippen molar-refractivity contribution < 1.29 is 0 Å². The van der Waals surface area contributed by atoms with Gasteiger partial charge in [-0.05, 0) is 24.6 Å². The Morgan fingerprint density at radius 3 is 2.88 bits per heavy atom. The molecule has 0 bridgehead atoms. The van der Waals surface area contributed by atoms with Gasteiger partial charge in [-0.2, -0.15) is 5.26 Å². The van der Waals surface area contributed by atoms with Crippen LogP contribution in [-0.4, -0.2) is 17.0 Å². The Kier molecular flexibility index (Phi) is 3.01. The lowest BCUT2D eigenvalue weighted by atomic mass is 10.1. The fourth-order valence-electron chi connectivity index (χ4n) is 1.59. The summed E-state index contributed by atoms with van der Waals surface area (Å²) in [5.41, 5.74) is 3.40. The molecule has 17 heavy (non-hydrogen) atoms. The van der Waals surface area contributed by atoms with Crippen LogP contribution in [0, 0.1) is 18.3 Å². The minimum atomic E-state index is 0.577. The van der Waals surface area contributed by atoms with Crippen LogP contribution in [0.2, 0.25) is 0 Å². The van der Waals surface area contributed by atoms with E-state index >= 15 is 0 Å². The average Bonchev–Trinajstić information content (AvgIpc) is 2.39. The molecule has 1 N–H and O–H groups in total. The first-order chi connectivity index (χ1) is 8.24. The predicted octanol–water partition coefficient (Wildman–Crippen LogP) is 2.37. The number of aromatic nitrogens is 2. The lowest BCUT2D eigenvalue weighted by molar-refractivity contribution is 1.12. The highest BCUT2D eigenvalue weighted by molar-refractivity contribution is 5.65. The van der Waals surface area contributed by atoms with Crippen LogP contribution >= 0.6 is 0 Å². The molecule has 4 nitrogen and oxygen atoms in total. The van der Waals surface area contributed by atoms with Crippen molar-refractivity contribution in [1.29, 1.82) is 5.26 Å². The van der Waals surface area contributed by atoms with E-state index in [0.717, 1.165) is 16.8 Å². The molecule has 0 saturated heterocycles. The molecule has 2 aromatic rings. The van der Waals surface area contributed by atoms with Crippen molar-refractivity contribution in [3.63, 3.8) is 0 Å². The molecular weight excluding hydrogens is 212 g/mol. The van der Waals surface area contributed by atoms with Crippen LogP contribution < -0.4 is 5.32 Å². The molecule has 4 heteroatoms. The molecule has 1 aromatic carbocycles. The first-order valence-corrected chi connectivity index (χ1v) is 5.26. The van der Waals surface area contributed by atoms with E-state index in [4.69, 9.17) is 5.26 Å². The molecule has 0 radical (unpaired) electrons. The molecule has 0 aliphatic carbocycles. The number of benzene rings is 1. The van der Waals surface area contributed by atoms with Gasteiger partial charge in [-0.25, -0.2) is 9.97 Å². The monoisotopic (exact) mass is 224 g/mol. The lowest BCUT2D eigenvalue weighted by Crippen LogP contribution is -1.99. The number of nitriles is 1. The summed E-state index contributed by atoms with van der Waals surface area (Å²) in [6.07, 6.45) is 1.77. The second-order valence-corrected chi connectivity index (χ2v) is 3.67. The second kappa shape index (κ2) is 4.62. The first kappa shape index (κ1) is 11.1. The summed E-state index contributed by atoms with van der Waals surface area (Å²) in [7, 11) is 1.78. The van der Waals surface area contributed by atoms with Crippen molar-refractivity contribution in [3.8, 4) is 17.3 Å². The number of nitrogens with one attached hydrogen (secondary N) is 1. The SMILES string of the molecule is CNc1ncc(C)c(-c2cccc(C#N)c2)n1. The molecule has 0 fully saturated rings. The molecule has 0 unspecified atom stereocenters. The summed E-state index contributed by atoms with van der Waals surface area (Å²) in [4.78, 5) is 8.54. The summed E-state index contributed by atoms with van der Waals surface area (Å²) in [5, 5.41) is 11.8. The summed E-state index contributed by atoms with van der Waals surface area (Å²) in [6, 6.07) is 9.53. The van der Waals surface area contributed by atoms with Crippen molar-refractivity contribution in [3.05, 3.63) is 41.6 Å². The third-order valence-corrected chi connectivity index (χ3v) is 2.46. The van der Waals surface area contributed by atoms with E-state index in [-0.39, 0.29) is 0 Å². The minimum Gasteiger partial charge on any atom is -0.357 e. The van der Waals surface area contributed by atoms with Crippen LogP contribution in [0.25, 0.3) is 11.3 Å². The van der Waals surface area contributed by atoms with Crippen LogP contribution in [0.4, 0.5) is 5.95 Å². The maximum atomic E-state index is 8.88. The molecule has 0 amide bonds. The van der Waals surface area contributed by atoms with Crippen molar-refractivity contribution in [2.45, 2.75) is 6.92 Å². The number of nitrogens with zero attached hydrogens (tertiary/aromatic N) is 3. The smallest absolute Gasteiger partial charge is 0.222 e. The van der Waals surface area contributed by atoms with Crippen LogP contribution in [0.1, 0.15) is 11.1 Å². The third kappa shape index (κ3) is 2.23. The fraction of sp³-hybridized carbons (Fsp3) is 0.154. The van der Waals surface area contributed by atoms with Crippen molar-refractivity contribution in [2.75, 3.05) is 12.4 Å². The second-order valence-electron chi connectivity index (χ2n) is 3.67. The number of rotatable bonds is 2. The summed E-state index contributed by atoms with van der Waals surface area (Å²) in [6.45, 7) is 1.95. The van der Waals surface area contributed by atoms with E-state index in [1.54, 1.807) is 19.3 Å². The van der Waals surface area contributed by atoms with E-state index in [2.05, 4.69) is 21.4 Å². The van der Waals surface area contributed by atoms with Crippen molar-refractivity contribution in [1.82, 2.24) is 9.97 Å². The molecule has 0 aliphatic heterocycles. The number of hydrogen-bond donors (Lipinski definition) is 1. The first-order valence-electron chi connectivity index (χ1n) is 5.26. The number of hydrogen-bond acceptors (Lipinski definition) is 4. The van der Waals surface area contributed by atoms with E-state index in [1.165, 1.54) is 0 Å². The third-order valence-electron chi connectivity index (χ3n) is 2.46. The van der Waals surface area contributed by atoms with E-state index in [0.29, 0.717) is 11.5 Å². The molecule has 0 aliphatic rings. The molecule has 0 atom stereocenters. The quantitative estimate of drug-likeness (QED) is 0.850. The summed E-state index contributed by atoms with van der Waals surface area (Å²) < 4.78 is 0. The topological polar surface area (TPSA) is 61.6 Å². The van der Waals surface area contributed by atoms with Gasteiger partial charge in [0.25, 0.3) is 0 Å². The van der Waals surface area contributed by atoms with E-state index < -0.39 is 0 Å². The normalized spacial score (nSPS) is 9.71. The van der Waals surface area contributed by atoms with Gasteiger partial charge in [-0.15, -0.1) is 0 Å². The Balaban J connectivity index is 2.55. The number of aryl methyl sites for hydroxylation is 1. The Morgan fingerprint density at radius 2 is 2.18 bits per heavy atom. The highest BCUT2D eigenvalue weighted by atomic mass is 15.1. The minimum absolute atomic E-state index is 0.577. The van der Waals surface area contributed by atoms with Gasteiger partial charge in [0, 0.05) is 18.8 Å². The van der Waals surface area contributed by atoms with Crippen LogP contribution in [0.5, 0.6) is 0 Å². The molecule has 2 rings (SSSR count). The standard InChI is InChI=1S/C13H12N4/c1-9-8-16-13(15-2)17-12(9)11-5-3-4-10(6-11)7-14/h3-6,8H,1-2H3,(H,15,16,17). The van der Waals surface area contributed by atoms with Gasteiger partial charge in [-0.1, -0.05) is 12.1 Å².